The summed E-state index contributed by atoms with van der Waals surface area (Å²) in [5.41, 5.74) is 14.5. The lowest BCUT2D eigenvalue weighted by molar-refractivity contribution is 0.663. The molecular formula is C46H35N3. The standard InChI is InChI=1S/C46H35N3/c1-46(2)42-30-33(20-19-32-21-24-36(25-22-32)48(34-12-5-3-6-13-34)35-14-7-4-8-15-35)23-26-38(42)40-27-28-41-39-17-9-10-18-43(39)49(45(41)44(40)46)37-16-11-29-47-31-37/h3-31H,1-2H3. The number of aromatic nitrogens is 2. The van der Waals surface area contributed by atoms with E-state index in [4.69, 9.17) is 0 Å². The Morgan fingerprint density at radius 1 is 0.571 bits per heavy atom. The van der Waals surface area contributed by atoms with Gasteiger partial charge in [0.2, 0.25) is 0 Å². The Balaban J connectivity index is 1.08. The Hall–Kier alpha value is -6.19. The van der Waals surface area contributed by atoms with E-state index in [2.05, 4.69) is 186 Å². The van der Waals surface area contributed by atoms with Crippen LogP contribution in [0.25, 0.3) is 50.8 Å². The fraction of sp³-hybridized carbons (Fsp3) is 0.0652. The van der Waals surface area contributed by atoms with Crippen LogP contribution in [0.2, 0.25) is 0 Å². The van der Waals surface area contributed by atoms with E-state index in [9.17, 15) is 0 Å². The van der Waals surface area contributed by atoms with Crippen molar-refractivity contribution < 1.29 is 0 Å². The molecule has 0 saturated heterocycles. The number of anilines is 3. The van der Waals surface area contributed by atoms with Crippen LogP contribution in [-0.4, -0.2) is 9.55 Å². The van der Waals surface area contributed by atoms with Gasteiger partial charge in [-0.25, -0.2) is 0 Å². The molecule has 8 aromatic rings. The van der Waals surface area contributed by atoms with Gasteiger partial charge in [0.15, 0.2) is 0 Å². The summed E-state index contributed by atoms with van der Waals surface area (Å²) in [7, 11) is 0. The highest BCUT2D eigenvalue weighted by Crippen LogP contribution is 2.53. The van der Waals surface area contributed by atoms with Gasteiger partial charge >= 0.3 is 0 Å². The van der Waals surface area contributed by atoms with Crippen molar-refractivity contribution in [1.29, 1.82) is 0 Å². The van der Waals surface area contributed by atoms with Gasteiger partial charge in [-0.2, -0.15) is 0 Å². The lowest BCUT2D eigenvalue weighted by Crippen LogP contribution is -2.16. The molecule has 0 aliphatic heterocycles. The second-order valence-electron chi connectivity index (χ2n) is 13.3. The zero-order chi connectivity index (χ0) is 33.0. The molecule has 0 bridgehead atoms. The van der Waals surface area contributed by atoms with Crippen molar-refractivity contribution in [2.75, 3.05) is 4.90 Å². The molecule has 0 radical (unpaired) electrons. The lowest BCUT2D eigenvalue weighted by Gasteiger charge is -2.25. The number of fused-ring (bicyclic) bond motifs is 7. The van der Waals surface area contributed by atoms with Crippen LogP contribution >= 0.6 is 0 Å². The maximum atomic E-state index is 4.49. The zero-order valence-electron chi connectivity index (χ0n) is 27.6. The number of benzene rings is 6. The van der Waals surface area contributed by atoms with E-state index in [1.54, 1.807) is 0 Å². The van der Waals surface area contributed by atoms with Crippen molar-refractivity contribution in [3.05, 3.63) is 186 Å². The van der Waals surface area contributed by atoms with Crippen molar-refractivity contribution in [3.63, 3.8) is 0 Å². The maximum absolute atomic E-state index is 4.49. The normalized spacial score (nSPS) is 13.2. The predicted molar refractivity (Wildman–Crippen MR) is 206 cm³/mol. The molecule has 2 heterocycles. The van der Waals surface area contributed by atoms with Crippen molar-refractivity contribution in [3.8, 4) is 16.8 Å². The molecule has 234 valence electrons. The topological polar surface area (TPSA) is 21.1 Å². The number of hydrogen-bond donors (Lipinski definition) is 0. The third kappa shape index (κ3) is 4.77. The van der Waals surface area contributed by atoms with Gasteiger partial charge in [0.25, 0.3) is 0 Å². The van der Waals surface area contributed by atoms with Gasteiger partial charge < -0.3 is 9.47 Å². The smallest absolute Gasteiger partial charge is 0.0645 e. The van der Waals surface area contributed by atoms with E-state index in [0.717, 1.165) is 28.3 Å². The average Bonchev–Trinajstić information content (AvgIpc) is 3.61. The Labute approximate surface area is 287 Å². The maximum Gasteiger partial charge on any atom is 0.0645 e. The van der Waals surface area contributed by atoms with Gasteiger partial charge in [0, 0.05) is 39.4 Å². The molecule has 1 aliphatic carbocycles. The van der Waals surface area contributed by atoms with Crippen molar-refractivity contribution in [1.82, 2.24) is 9.55 Å². The first-order valence-corrected chi connectivity index (χ1v) is 16.9. The number of nitrogens with zero attached hydrogens (tertiary/aromatic N) is 3. The molecule has 1 aliphatic rings. The number of hydrogen-bond acceptors (Lipinski definition) is 2. The van der Waals surface area contributed by atoms with Gasteiger partial charge in [-0.15, -0.1) is 0 Å². The zero-order valence-corrected chi connectivity index (χ0v) is 27.6. The minimum absolute atomic E-state index is 0.192. The van der Waals surface area contributed by atoms with Crippen molar-refractivity contribution in [2.45, 2.75) is 19.3 Å². The van der Waals surface area contributed by atoms with Crippen molar-refractivity contribution >= 4 is 51.0 Å². The first-order valence-electron chi connectivity index (χ1n) is 16.9. The summed E-state index contributed by atoms with van der Waals surface area (Å²) in [4.78, 5) is 6.78. The van der Waals surface area contributed by atoms with Crippen molar-refractivity contribution in [2.24, 2.45) is 0 Å². The molecule has 0 atom stereocenters. The van der Waals surface area contributed by atoms with Gasteiger partial charge in [-0.05, 0) is 88.0 Å². The molecule has 0 N–H and O–H groups in total. The highest BCUT2D eigenvalue weighted by Gasteiger charge is 2.38. The first kappa shape index (κ1) is 29.0. The molecule has 2 aromatic heterocycles. The van der Waals surface area contributed by atoms with E-state index in [1.807, 2.05) is 18.5 Å². The van der Waals surface area contributed by atoms with Crippen LogP contribution in [0.4, 0.5) is 17.1 Å². The SMILES string of the molecule is CC1(C)c2cc(C=Cc3ccc(N(c4ccccc4)c4ccccc4)cc3)ccc2-c2ccc3c4ccccc4n(-c4cccnc4)c3c21. The molecule has 0 amide bonds. The van der Waals surface area contributed by atoms with Gasteiger partial charge in [0.1, 0.15) is 0 Å². The quantitative estimate of drug-likeness (QED) is 0.171. The Bertz CT molecular complexity index is 2450. The highest BCUT2D eigenvalue weighted by molar-refractivity contribution is 6.13. The third-order valence-corrected chi connectivity index (χ3v) is 10.0. The van der Waals surface area contributed by atoms with E-state index < -0.39 is 0 Å². The number of rotatable bonds is 6. The summed E-state index contributed by atoms with van der Waals surface area (Å²) in [6.07, 6.45) is 8.27. The minimum Gasteiger partial charge on any atom is -0.311 e. The van der Waals surface area contributed by atoms with Gasteiger partial charge in [0.05, 0.1) is 22.9 Å². The second kappa shape index (κ2) is 11.5. The molecule has 9 rings (SSSR count). The molecule has 0 unspecified atom stereocenters. The van der Waals surface area contributed by atoms with Crippen LogP contribution in [0.3, 0.4) is 0 Å². The van der Waals surface area contributed by atoms with Crippen LogP contribution in [0.5, 0.6) is 0 Å². The Kier molecular flexibility index (Phi) is 6.80. The van der Waals surface area contributed by atoms with Crippen LogP contribution in [0.15, 0.2) is 164 Å². The minimum atomic E-state index is -0.192. The third-order valence-electron chi connectivity index (χ3n) is 10.0. The molecule has 6 aromatic carbocycles. The van der Waals surface area contributed by atoms with Crippen LogP contribution < -0.4 is 4.90 Å². The summed E-state index contributed by atoms with van der Waals surface area (Å²) in [5, 5.41) is 2.54. The van der Waals surface area contributed by atoms with E-state index in [0.29, 0.717) is 0 Å². The first-order chi connectivity index (χ1) is 24.1. The fourth-order valence-electron chi connectivity index (χ4n) is 7.75. The summed E-state index contributed by atoms with van der Waals surface area (Å²) >= 11 is 0. The molecule has 3 nitrogen and oxygen atoms in total. The van der Waals surface area contributed by atoms with Gasteiger partial charge in [-0.3, -0.25) is 4.98 Å². The van der Waals surface area contributed by atoms with Crippen LogP contribution in [0, 0.1) is 0 Å². The summed E-state index contributed by atoms with van der Waals surface area (Å²) in [5.74, 6) is 0. The molecular weight excluding hydrogens is 595 g/mol. The predicted octanol–water partition coefficient (Wildman–Crippen LogP) is 12.1. The Morgan fingerprint density at radius 2 is 1.20 bits per heavy atom. The van der Waals surface area contributed by atoms with E-state index in [1.165, 1.54) is 49.6 Å². The number of pyridine rings is 1. The van der Waals surface area contributed by atoms with E-state index in [-0.39, 0.29) is 5.41 Å². The summed E-state index contributed by atoms with van der Waals surface area (Å²) in [6.45, 7) is 4.75. The van der Waals surface area contributed by atoms with Crippen LogP contribution in [-0.2, 0) is 5.41 Å². The average molecular weight is 630 g/mol. The largest absolute Gasteiger partial charge is 0.311 e. The Morgan fingerprint density at radius 3 is 1.92 bits per heavy atom. The highest BCUT2D eigenvalue weighted by atomic mass is 15.1. The lowest BCUT2D eigenvalue weighted by atomic mass is 9.81. The van der Waals surface area contributed by atoms with Crippen LogP contribution in [0.1, 0.15) is 36.1 Å². The number of para-hydroxylation sites is 3. The summed E-state index contributed by atoms with van der Waals surface area (Å²) in [6, 6.07) is 54.4. The molecule has 3 heteroatoms. The second-order valence-corrected chi connectivity index (χ2v) is 13.3. The molecule has 0 saturated carbocycles. The van der Waals surface area contributed by atoms with E-state index >= 15 is 0 Å². The molecule has 0 spiro atoms. The molecule has 49 heavy (non-hydrogen) atoms. The molecule has 0 fully saturated rings. The fourth-order valence-corrected chi connectivity index (χ4v) is 7.75. The summed E-state index contributed by atoms with van der Waals surface area (Å²) < 4.78 is 2.41. The monoisotopic (exact) mass is 629 g/mol. The van der Waals surface area contributed by atoms with Gasteiger partial charge in [-0.1, -0.05) is 123 Å².